The average molecular weight is 315 g/mol. The molecular formula is C15H25NO4S. The summed E-state index contributed by atoms with van der Waals surface area (Å²) in [5, 5.41) is 9.31. The van der Waals surface area contributed by atoms with E-state index in [-0.39, 0.29) is 11.5 Å². The number of aliphatic hydroxyl groups excluding tert-OH is 1. The first-order valence-corrected chi connectivity index (χ1v) is 8.58. The number of nitrogens with one attached hydrogen (secondary N) is 1. The summed E-state index contributed by atoms with van der Waals surface area (Å²) >= 11 is 0. The molecule has 0 aliphatic rings. The molecule has 0 radical (unpaired) electrons. The SMILES string of the molecule is CCC(C)(CO)NS(=O)(=O)c1ccc(OCC(C)C)cc1. The van der Waals surface area contributed by atoms with E-state index in [4.69, 9.17) is 4.74 Å². The topological polar surface area (TPSA) is 75.6 Å². The molecule has 0 saturated heterocycles. The number of rotatable bonds is 8. The van der Waals surface area contributed by atoms with E-state index >= 15 is 0 Å². The summed E-state index contributed by atoms with van der Waals surface area (Å²) in [5.41, 5.74) is -0.856. The molecule has 1 rings (SSSR count). The lowest BCUT2D eigenvalue weighted by Gasteiger charge is -2.26. The van der Waals surface area contributed by atoms with Crippen molar-refractivity contribution >= 4 is 10.0 Å². The van der Waals surface area contributed by atoms with Crippen LogP contribution in [0, 0.1) is 5.92 Å². The van der Waals surface area contributed by atoms with E-state index in [0.717, 1.165) is 0 Å². The zero-order chi connectivity index (χ0) is 16.1. The van der Waals surface area contributed by atoms with Gasteiger partial charge in [0.25, 0.3) is 0 Å². The standard InChI is InChI=1S/C15H25NO4S/c1-5-15(4,11-17)16-21(18,19)14-8-6-13(7-9-14)20-10-12(2)3/h6-9,12,16-17H,5,10-11H2,1-4H3. The third-order valence-corrected chi connectivity index (χ3v) is 4.88. The van der Waals surface area contributed by atoms with Crippen molar-refractivity contribution in [2.75, 3.05) is 13.2 Å². The third-order valence-electron chi connectivity index (χ3n) is 3.23. The van der Waals surface area contributed by atoms with Gasteiger partial charge in [0, 0.05) is 0 Å². The van der Waals surface area contributed by atoms with E-state index in [1.807, 2.05) is 20.8 Å². The number of benzene rings is 1. The van der Waals surface area contributed by atoms with Gasteiger partial charge >= 0.3 is 0 Å². The molecule has 0 bridgehead atoms. The molecule has 1 atom stereocenters. The van der Waals surface area contributed by atoms with Crippen LogP contribution in [0.4, 0.5) is 0 Å². The first-order chi connectivity index (χ1) is 9.72. The van der Waals surface area contributed by atoms with E-state index in [2.05, 4.69) is 4.72 Å². The zero-order valence-corrected chi connectivity index (χ0v) is 13.9. The van der Waals surface area contributed by atoms with Crippen LogP contribution in [0.5, 0.6) is 5.75 Å². The normalized spacial score (nSPS) is 15.0. The molecule has 2 N–H and O–H groups in total. The molecule has 5 nitrogen and oxygen atoms in total. The molecule has 1 aromatic rings. The van der Waals surface area contributed by atoms with Gasteiger partial charge in [-0.15, -0.1) is 0 Å². The molecule has 0 aromatic heterocycles. The maximum absolute atomic E-state index is 12.3. The molecule has 1 aromatic carbocycles. The fraction of sp³-hybridized carbons (Fsp3) is 0.600. The van der Waals surface area contributed by atoms with E-state index in [0.29, 0.717) is 24.7 Å². The van der Waals surface area contributed by atoms with E-state index in [1.165, 1.54) is 12.1 Å². The van der Waals surface area contributed by atoms with Crippen LogP contribution >= 0.6 is 0 Å². The van der Waals surface area contributed by atoms with Crippen molar-refractivity contribution in [3.63, 3.8) is 0 Å². The van der Waals surface area contributed by atoms with Crippen LogP contribution in [0.1, 0.15) is 34.1 Å². The van der Waals surface area contributed by atoms with Crippen LogP contribution in [0.15, 0.2) is 29.2 Å². The number of aliphatic hydroxyl groups is 1. The highest BCUT2D eigenvalue weighted by Gasteiger charge is 2.28. The molecule has 0 amide bonds. The van der Waals surface area contributed by atoms with Crippen LogP contribution in [-0.4, -0.2) is 32.3 Å². The largest absolute Gasteiger partial charge is 0.493 e. The van der Waals surface area contributed by atoms with Gasteiger partial charge in [0.05, 0.1) is 23.6 Å². The second-order valence-corrected chi connectivity index (χ2v) is 7.54. The predicted octanol–water partition coefficient (Wildman–Crippen LogP) is 2.16. The lowest BCUT2D eigenvalue weighted by Crippen LogP contribution is -2.48. The lowest BCUT2D eigenvalue weighted by molar-refractivity contribution is 0.191. The molecule has 21 heavy (non-hydrogen) atoms. The van der Waals surface area contributed by atoms with Crippen molar-refractivity contribution in [1.29, 1.82) is 0 Å². The van der Waals surface area contributed by atoms with Crippen LogP contribution in [-0.2, 0) is 10.0 Å². The highest BCUT2D eigenvalue weighted by atomic mass is 32.2. The Balaban J connectivity index is 2.85. The van der Waals surface area contributed by atoms with Crippen molar-refractivity contribution in [2.45, 2.75) is 44.6 Å². The lowest BCUT2D eigenvalue weighted by atomic mass is 10.0. The molecule has 0 aliphatic carbocycles. The Hall–Kier alpha value is -1.11. The Morgan fingerprint density at radius 2 is 1.86 bits per heavy atom. The fourth-order valence-electron chi connectivity index (χ4n) is 1.58. The number of hydrogen-bond acceptors (Lipinski definition) is 4. The highest BCUT2D eigenvalue weighted by molar-refractivity contribution is 7.89. The number of sulfonamides is 1. The van der Waals surface area contributed by atoms with Crippen molar-refractivity contribution in [3.05, 3.63) is 24.3 Å². The minimum atomic E-state index is -3.66. The molecule has 0 heterocycles. The van der Waals surface area contributed by atoms with Crippen LogP contribution in [0.25, 0.3) is 0 Å². The Morgan fingerprint density at radius 1 is 1.29 bits per heavy atom. The van der Waals surface area contributed by atoms with Gasteiger partial charge in [0.2, 0.25) is 10.0 Å². The Labute approximate surface area is 127 Å². The fourth-order valence-corrected chi connectivity index (χ4v) is 3.05. The summed E-state index contributed by atoms with van der Waals surface area (Å²) in [6.45, 7) is 7.92. The van der Waals surface area contributed by atoms with Crippen LogP contribution in [0.3, 0.4) is 0 Å². The maximum atomic E-state index is 12.3. The summed E-state index contributed by atoms with van der Waals surface area (Å²) < 4.78 is 32.6. The minimum Gasteiger partial charge on any atom is -0.493 e. The summed E-state index contributed by atoms with van der Waals surface area (Å²) in [7, 11) is -3.66. The molecule has 0 spiro atoms. The van der Waals surface area contributed by atoms with Gasteiger partial charge in [0.1, 0.15) is 5.75 Å². The molecule has 0 aliphatic heterocycles. The van der Waals surface area contributed by atoms with Crippen molar-refractivity contribution in [3.8, 4) is 5.75 Å². The van der Waals surface area contributed by atoms with Crippen LogP contribution in [0.2, 0.25) is 0 Å². The first-order valence-electron chi connectivity index (χ1n) is 7.10. The average Bonchev–Trinajstić information content (AvgIpc) is 2.45. The minimum absolute atomic E-state index is 0.160. The summed E-state index contributed by atoms with van der Waals surface area (Å²) in [5.74, 6) is 1.05. The van der Waals surface area contributed by atoms with E-state index < -0.39 is 15.6 Å². The van der Waals surface area contributed by atoms with Crippen LogP contribution < -0.4 is 9.46 Å². The molecule has 1 unspecified atom stereocenters. The van der Waals surface area contributed by atoms with Gasteiger partial charge in [0.15, 0.2) is 0 Å². The molecule has 0 saturated carbocycles. The number of hydrogen-bond donors (Lipinski definition) is 2. The van der Waals surface area contributed by atoms with Gasteiger partial charge in [-0.05, 0) is 43.5 Å². The second kappa shape index (κ2) is 7.24. The van der Waals surface area contributed by atoms with Crippen molar-refractivity contribution < 1.29 is 18.3 Å². The third kappa shape index (κ3) is 5.30. The molecule has 6 heteroatoms. The quantitative estimate of drug-likeness (QED) is 0.771. The monoisotopic (exact) mass is 315 g/mol. The van der Waals surface area contributed by atoms with Gasteiger partial charge in [-0.25, -0.2) is 13.1 Å². The van der Waals surface area contributed by atoms with E-state index in [1.54, 1.807) is 19.1 Å². The van der Waals surface area contributed by atoms with Gasteiger partial charge in [-0.3, -0.25) is 0 Å². The van der Waals surface area contributed by atoms with Gasteiger partial charge in [-0.2, -0.15) is 0 Å². The smallest absolute Gasteiger partial charge is 0.241 e. The Kier molecular flexibility index (Phi) is 6.19. The molecule has 0 fully saturated rings. The first kappa shape index (κ1) is 17.9. The van der Waals surface area contributed by atoms with E-state index in [9.17, 15) is 13.5 Å². The van der Waals surface area contributed by atoms with Gasteiger partial charge < -0.3 is 9.84 Å². The maximum Gasteiger partial charge on any atom is 0.241 e. The summed E-state index contributed by atoms with van der Waals surface area (Å²) in [6, 6.07) is 6.29. The molecular weight excluding hydrogens is 290 g/mol. The zero-order valence-electron chi connectivity index (χ0n) is 13.1. The number of ether oxygens (including phenoxy) is 1. The summed E-state index contributed by atoms with van der Waals surface area (Å²) in [4.78, 5) is 0.160. The van der Waals surface area contributed by atoms with Crippen molar-refractivity contribution in [1.82, 2.24) is 4.72 Å². The predicted molar refractivity (Wildman–Crippen MR) is 82.9 cm³/mol. The second-order valence-electron chi connectivity index (χ2n) is 5.85. The van der Waals surface area contributed by atoms with Gasteiger partial charge in [-0.1, -0.05) is 20.8 Å². The molecule has 120 valence electrons. The summed E-state index contributed by atoms with van der Waals surface area (Å²) in [6.07, 6.45) is 0.498. The highest BCUT2D eigenvalue weighted by Crippen LogP contribution is 2.19. The Morgan fingerprint density at radius 3 is 2.29 bits per heavy atom. The van der Waals surface area contributed by atoms with Crippen molar-refractivity contribution in [2.24, 2.45) is 5.92 Å². The Bertz CT molecular complexity index is 533.